The smallest absolute Gasteiger partial charge is 0.310 e. The molecule has 378 valence electrons. The molecule has 4 rings (SSSR count). The van der Waals surface area contributed by atoms with Crippen molar-refractivity contribution in [2.24, 2.45) is 29.4 Å². The largest absolute Gasteiger partial charge is 0.450 e. The maximum Gasteiger partial charge on any atom is 0.310 e. The number of fused-ring (bicyclic) bond motifs is 1. The number of esters is 1. The average Bonchev–Trinajstić information content (AvgIpc) is 3.94. The van der Waals surface area contributed by atoms with Crippen molar-refractivity contribution in [2.45, 2.75) is 162 Å². The third kappa shape index (κ3) is 15.8. The summed E-state index contributed by atoms with van der Waals surface area (Å²) in [7, 11) is 5.46. The molecule has 8 atom stereocenters. The highest BCUT2D eigenvalue weighted by atomic mass is 16.7. The summed E-state index contributed by atoms with van der Waals surface area (Å²) in [5.41, 5.74) is 7.61. The van der Waals surface area contributed by atoms with Crippen LogP contribution in [0.15, 0.2) is 30.5 Å². The van der Waals surface area contributed by atoms with Crippen molar-refractivity contribution >= 4 is 40.5 Å². The van der Waals surface area contributed by atoms with Crippen LogP contribution in [-0.2, 0) is 44.7 Å². The molecule has 67 heavy (non-hydrogen) atoms. The lowest BCUT2D eigenvalue weighted by Gasteiger charge is -2.43. The van der Waals surface area contributed by atoms with E-state index in [0.717, 1.165) is 80.8 Å². The number of hydrogen-bond donors (Lipinski definition) is 4. The Kier molecular flexibility index (Phi) is 23.2. The summed E-state index contributed by atoms with van der Waals surface area (Å²) in [6.07, 6.45) is 10.4. The van der Waals surface area contributed by atoms with Gasteiger partial charge in [0.2, 0.25) is 17.7 Å². The number of methoxy groups -OCH3 is 1. The number of para-hydroxylation sites is 1. The maximum absolute atomic E-state index is 14.3. The van der Waals surface area contributed by atoms with Crippen LogP contribution < -0.4 is 16.4 Å². The first-order chi connectivity index (χ1) is 32.0. The number of rotatable bonds is 28. The quantitative estimate of drug-likeness (QED) is 0.0468. The van der Waals surface area contributed by atoms with Gasteiger partial charge in [-0.25, -0.2) is 5.06 Å². The number of nitrogens with one attached hydrogen (secondary N) is 3. The second kappa shape index (κ2) is 27.9. The van der Waals surface area contributed by atoms with E-state index in [-0.39, 0.29) is 66.6 Å². The van der Waals surface area contributed by atoms with Crippen molar-refractivity contribution in [3.63, 3.8) is 0 Å². The standard InChI is InChI=1S/C51H86N8O8/c1-11-36(6)47(57(9)46(35(4)5)49(62)55-48(61)45(34(2)3)56(8)25-17-13-12-16-24-52)43(65-10)31-44(60)58-26-20-21-39(58)29-37(7)51(64)66-33-54-42(50(63)59-27-18-19-28-67-59)30-38-32-53-41-23-15-14-22-40(38)41/h14-15,22-23,32,34-37,39,42-43,45-47,53-54H,11-13,16-21,24-31,33,52H2,1-10H3,(H,55,61,62)/t36-,37?,39?,42?,43+,45-,46+,47-/m0/s1. The number of imide groups is 1. The van der Waals surface area contributed by atoms with E-state index in [1.807, 2.05) is 93.9 Å². The van der Waals surface area contributed by atoms with Gasteiger partial charge in [-0.05, 0) is 108 Å². The van der Waals surface area contributed by atoms with Gasteiger partial charge in [-0.2, -0.15) is 0 Å². The second-order valence-electron chi connectivity index (χ2n) is 19.9. The highest BCUT2D eigenvalue weighted by Crippen LogP contribution is 2.30. The second-order valence-corrected chi connectivity index (χ2v) is 19.9. The first kappa shape index (κ1) is 55.7. The summed E-state index contributed by atoms with van der Waals surface area (Å²) >= 11 is 0. The minimum Gasteiger partial charge on any atom is -0.450 e. The highest BCUT2D eigenvalue weighted by Gasteiger charge is 2.41. The van der Waals surface area contributed by atoms with E-state index in [1.54, 1.807) is 7.11 Å². The normalized spacial score (nSPS) is 18.9. The van der Waals surface area contributed by atoms with Crippen LogP contribution in [-0.4, -0.2) is 151 Å². The molecule has 1 aromatic heterocycles. The monoisotopic (exact) mass is 939 g/mol. The zero-order chi connectivity index (χ0) is 49.2. The Morgan fingerprint density at radius 1 is 0.925 bits per heavy atom. The molecule has 2 aliphatic heterocycles. The Balaban J connectivity index is 1.38. The van der Waals surface area contributed by atoms with Crippen molar-refractivity contribution in [2.75, 3.05) is 60.7 Å². The molecule has 3 heterocycles. The molecule has 2 fully saturated rings. The van der Waals surface area contributed by atoms with Gasteiger partial charge in [-0.3, -0.25) is 49.2 Å². The van der Waals surface area contributed by atoms with Gasteiger partial charge in [-0.1, -0.05) is 85.9 Å². The first-order valence-electron chi connectivity index (χ1n) is 25.2. The van der Waals surface area contributed by atoms with Crippen LogP contribution in [0.3, 0.4) is 0 Å². The number of benzene rings is 1. The van der Waals surface area contributed by atoms with Gasteiger partial charge >= 0.3 is 5.97 Å². The fourth-order valence-electron chi connectivity index (χ4n) is 10.3. The van der Waals surface area contributed by atoms with Crippen LogP contribution in [0.4, 0.5) is 0 Å². The number of likely N-dealkylation sites (N-methyl/N-ethyl adjacent to an activating group) is 2. The van der Waals surface area contributed by atoms with Gasteiger partial charge in [0, 0.05) is 49.4 Å². The molecule has 4 amide bonds. The first-order valence-corrected chi connectivity index (χ1v) is 25.2. The molecular weight excluding hydrogens is 853 g/mol. The molecule has 0 bridgehead atoms. The topological polar surface area (TPSA) is 192 Å². The van der Waals surface area contributed by atoms with E-state index in [9.17, 15) is 24.0 Å². The van der Waals surface area contributed by atoms with Crippen molar-refractivity contribution in [1.82, 2.24) is 35.4 Å². The molecule has 16 nitrogen and oxygen atoms in total. The lowest BCUT2D eigenvalue weighted by Crippen LogP contribution is -2.60. The number of H-pyrrole nitrogens is 1. The SMILES string of the molecule is CC[C@H](C)[C@@H]([C@@H](CC(=O)N1CCCC1CC(C)C(=O)OCNC(Cc1c[nH]c2ccccc12)C(=O)N1CCCCO1)OC)N(C)[C@@H](C(=O)NC(=O)[C@H](C(C)C)N(C)CCCCCCN)C(C)C. The molecular formula is C51H86N8O8. The minimum absolute atomic E-state index is 0.00855. The maximum atomic E-state index is 14.3. The summed E-state index contributed by atoms with van der Waals surface area (Å²) in [5.74, 6) is -1.96. The number of hydroxylamine groups is 2. The molecule has 2 aromatic rings. The molecule has 0 aliphatic carbocycles. The predicted octanol–water partition coefficient (Wildman–Crippen LogP) is 5.64. The van der Waals surface area contributed by atoms with Crippen LogP contribution in [0.2, 0.25) is 0 Å². The molecule has 0 radical (unpaired) electrons. The number of nitrogens with two attached hydrogens (primary N) is 1. The van der Waals surface area contributed by atoms with Crippen LogP contribution in [0.1, 0.15) is 125 Å². The molecule has 0 saturated carbocycles. The molecule has 2 saturated heterocycles. The van der Waals surface area contributed by atoms with E-state index in [1.165, 1.54) is 5.06 Å². The van der Waals surface area contributed by atoms with Crippen molar-refractivity contribution in [3.05, 3.63) is 36.0 Å². The van der Waals surface area contributed by atoms with Crippen LogP contribution in [0.25, 0.3) is 10.9 Å². The number of amides is 4. The van der Waals surface area contributed by atoms with E-state index in [0.29, 0.717) is 39.1 Å². The van der Waals surface area contributed by atoms with E-state index < -0.39 is 36.1 Å². The van der Waals surface area contributed by atoms with Gasteiger partial charge in [0.25, 0.3) is 5.91 Å². The highest BCUT2D eigenvalue weighted by molar-refractivity contribution is 6.00. The Morgan fingerprint density at radius 2 is 1.63 bits per heavy atom. The van der Waals surface area contributed by atoms with E-state index >= 15 is 0 Å². The number of aromatic nitrogens is 1. The lowest BCUT2D eigenvalue weighted by molar-refractivity contribution is -0.199. The number of unbranched alkanes of at least 4 members (excludes halogenated alkanes) is 3. The van der Waals surface area contributed by atoms with Crippen molar-refractivity contribution < 1.29 is 38.3 Å². The Morgan fingerprint density at radius 3 is 2.28 bits per heavy atom. The molecule has 16 heteroatoms. The van der Waals surface area contributed by atoms with Gasteiger partial charge < -0.3 is 25.1 Å². The number of nitrogens with zero attached hydrogens (tertiary/aromatic N) is 4. The molecule has 2 aliphatic rings. The van der Waals surface area contributed by atoms with Crippen molar-refractivity contribution in [3.8, 4) is 0 Å². The average molecular weight is 939 g/mol. The molecule has 0 spiro atoms. The van der Waals surface area contributed by atoms with Crippen LogP contribution >= 0.6 is 0 Å². The Bertz CT molecular complexity index is 1850. The zero-order valence-corrected chi connectivity index (χ0v) is 42.5. The van der Waals surface area contributed by atoms with E-state index in [4.69, 9.17) is 20.0 Å². The number of ether oxygens (including phenoxy) is 2. The summed E-state index contributed by atoms with van der Waals surface area (Å²) in [6.45, 7) is 16.8. The Hall–Kier alpha value is -3.93. The van der Waals surface area contributed by atoms with Gasteiger partial charge in [0.1, 0.15) is 6.73 Å². The molecule has 5 N–H and O–H groups in total. The Labute approximate surface area is 401 Å². The fourth-order valence-corrected chi connectivity index (χ4v) is 10.3. The van der Waals surface area contributed by atoms with Crippen molar-refractivity contribution in [1.29, 1.82) is 0 Å². The number of likely N-dealkylation sites (tertiary alicyclic amines) is 1. The number of carbonyl (C=O) groups excluding carboxylic acids is 5. The summed E-state index contributed by atoms with van der Waals surface area (Å²) in [4.78, 5) is 84.4. The zero-order valence-electron chi connectivity index (χ0n) is 42.5. The fraction of sp³-hybridized carbons (Fsp3) is 0.745. The number of aromatic amines is 1. The molecule has 1 aromatic carbocycles. The summed E-state index contributed by atoms with van der Waals surface area (Å²) in [5, 5.41) is 8.43. The van der Waals surface area contributed by atoms with Gasteiger partial charge in [0.15, 0.2) is 0 Å². The van der Waals surface area contributed by atoms with Gasteiger partial charge in [0.05, 0.1) is 43.2 Å². The van der Waals surface area contributed by atoms with Gasteiger partial charge in [-0.15, -0.1) is 0 Å². The number of hydrogen-bond acceptors (Lipinski definition) is 12. The predicted molar refractivity (Wildman–Crippen MR) is 262 cm³/mol. The lowest BCUT2D eigenvalue weighted by atomic mass is 9.88. The van der Waals surface area contributed by atoms with Crippen LogP contribution in [0.5, 0.6) is 0 Å². The minimum atomic E-state index is -0.681. The summed E-state index contributed by atoms with van der Waals surface area (Å²) in [6, 6.07) is 5.64. The van der Waals surface area contributed by atoms with E-state index in [2.05, 4.69) is 29.5 Å². The van der Waals surface area contributed by atoms with Crippen LogP contribution in [0, 0.1) is 23.7 Å². The third-order valence-electron chi connectivity index (χ3n) is 14.1. The molecule has 3 unspecified atom stereocenters. The number of carbonyl (C=O) groups is 5. The third-order valence-corrected chi connectivity index (χ3v) is 14.1. The summed E-state index contributed by atoms with van der Waals surface area (Å²) < 4.78 is 11.9.